The van der Waals surface area contributed by atoms with Gasteiger partial charge >= 0.3 is 0 Å². The fourth-order valence-electron chi connectivity index (χ4n) is 1.75. The second-order valence-electron chi connectivity index (χ2n) is 4.22. The maximum Gasteiger partial charge on any atom is 0.0584 e. The monoisotopic (exact) mass is 223 g/mol. The van der Waals surface area contributed by atoms with Crippen LogP contribution in [0.3, 0.4) is 0 Å². The molecular formula is C13H21NO2. The summed E-state index contributed by atoms with van der Waals surface area (Å²) in [5, 5.41) is 18.4. The molecule has 90 valence electrons. The Morgan fingerprint density at radius 3 is 1.94 bits per heavy atom. The molecule has 3 heteroatoms. The van der Waals surface area contributed by atoms with Crippen molar-refractivity contribution in [3.63, 3.8) is 0 Å². The first kappa shape index (κ1) is 13.2. The van der Waals surface area contributed by atoms with Crippen molar-refractivity contribution in [3.8, 4) is 0 Å². The molecule has 0 aliphatic carbocycles. The number of nitrogens with zero attached hydrogens (tertiary/aromatic N) is 1. The van der Waals surface area contributed by atoms with Crippen molar-refractivity contribution < 1.29 is 10.2 Å². The molecule has 0 heterocycles. The highest BCUT2D eigenvalue weighted by molar-refractivity contribution is 5.14. The first-order valence-electron chi connectivity index (χ1n) is 5.70. The van der Waals surface area contributed by atoms with E-state index >= 15 is 0 Å². The van der Waals surface area contributed by atoms with Crippen LogP contribution in [0.15, 0.2) is 30.3 Å². The normalized spacial score (nSPS) is 15.1. The van der Waals surface area contributed by atoms with Gasteiger partial charge in [0, 0.05) is 18.6 Å². The van der Waals surface area contributed by atoms with Crippen molar-refractivity contribution in [2.45, 2.75) is 32.5 Å². The van der Waals surface area contributed by atoms with Crippen LogP contribution in [-0.2, 0) is 6.54 Å². The lowest BCUT2D eigenvalue weighted by atomic mass is 10.1. The van der Waals surface area contributed by atoms with Crippen LogP contribution in [0.25, 0.3) is 0 Å². The molecule has 1 aromatic carbocycles. The Bertz CT molecular complexity index is 279. The molecule has 0 bridgehead atoms. The zero-order valence-corrected chi connectivity index (χ0v) is 10.0. The molecule has 0 amide bonds. The number of hydrogen-bond donors (Lipinski definition) is 2. The zero-order chi connectivity index (χ0) is 12.0. The zero-order valence-electron chi connectivity index (χ0n) is 10.0. The maximum absolute atomic E-state index is 9.20. The molecule has 1 aromatic rings. The van der Waals surface area contributed by atoms with Crippen molar-refractivity contribution in [3.05, 3.63) is 35.9 Å². The second-order valence-corrected chi connectivity index (χ2v) is 4.22. The molecule has 0 aromatic heterocycles. The molecule has 2 atom stereocenters. The van der Waals surface area contributed by atoms with Gasteiger partial charge in [-0.15, -0.1) is 0 Å². The summed E-state index contributed by atoms with van der Waals surface area (Å²) < 4.78 is 0. The first-order valence-corrected chi connectivity index (χ1v) is 5.70. The van der Waals surface area contributed by atoms with E-state index in [0.717, 1.165) is 6.54 Å². The van der Waals surface area contributed by atoms with Crippen LogP contribution in [0.5, 0.6) is 0 Å². The highest BCUT2D eigenvalue weighted by Crippen LogP contribution is 2.11. The molecule has 2 N–H and O–H groups in total. The molecule has 2 unspecified atom stereocenters. The molecule has 0 aliphatic heterocycles. The Hall–Kier alpha value is -0.900. The largest absolute Gasteiger partial charge is 0.395 e. The molecule has 0 aliphatic rings. The van der Waals surface area contributed by atoms with E-state index in [9.17, 15) is 10.2 Å². The molecule has 0 saturated heterocycles. The average Bonchev–Trinajstić information content (AvgIpc) is 2.35. The Morgan fingerprint density at radius 2 is 1.50 bits per heavy atom. The molecule has 0 fully saturated rings. The van der Waals surface area contributed by atoms with Gasteiger partial charge in [0.2, 0.25) is 0 Å². The van der Waals surface area contributed by atoms with Gasteiger partial charge in [-0.05, 0) is 19.4 Å². The molecule has 0 radical (unpaired) electrons. The van der Waals surface area contributed by atoms with Gasteiger partial charge in [0.1, 0.15) is 0 Å². The number of aliphatic hydroxyl groups is 2. The van der Waals surface area contributed by atoms with Crippen LogP contribution in [0.4, 0.5) is 0 Å². The summed E-state index contributed by atoms with van der Waals surface area (Å²) in [6, 6.07) is 10.2. The Morgan fingerprint density at radius 1 is 1.00 bits per heavy atom. The predicted molar refractivity (Wildman–Crippen MR) is 65.1 cm³/mol. The third-order valence-corrected chi connectivity index (χ3v) is 2.87. The smallest absolute Gasteiger partial charge is 0.0584 e. The van der Waals surface area contributed by atoms with Crippen LogP contribution in [0, 0.1) is 0 Å². The summed E-state index contributed by atoms with van der Waals surface area (Å²) >= 11 is 0. The lowest BCUT2D eigenvalue weighted by Gasteiger charge is -2.32. The van der Waals surface area contributed by atoms with Gasteiger partial charge < -0.3 is 10.2 Å². The highest BCUT2D eigenvalue weighted by Gasteiger charge is 2.18. The Labute approximate surface area is 97.3 Å². The summed E-state index contributed by atoms with van der Waals surface area (Å²) in [5.74, 6) is 0. The SMILES string of the molecule is CC(CO)N(Cc1ccccc1)C(C)CO. The van der Waals surface area contributed by atoms with Crippen molar-refractivity contribution in [2.75, 3.05) is 13.2 Å². The van der Waals surface area contributed by atoms with Gasteiger partial charge in [0.05, 0.1) is 13.2 Å². The fourth-order valence-corrected chi connectivity index (χ4v) is 1.75. The van der Waals surface area contributed by atoms with E-state index in [1.807, 2.05) is 32.0 Å². The minimum atomic E-state index is 0.0577. The van der Waals surface area contributed by atoms with Gasteiger partial charge in [0.15, 0.2) is 0 Å². The highest BCUT2D eigenvalue weighted by atomic mass is 16.3. The summed E-state index contributed by atoms with van der Waals surface area (Å²) in [7, 11) is 0. The summed E-state index contributed by atoms with van der Waals surface area (Å²) in [5.41, 5.74) is 1.20. The van der Waals surface area contributed by atoms with E-state index in [1.165, 1.54) is 5.56 Å². The molecule has 3 nitrogen and oxygen atoms in total. The standard InChI is InChI=1S/C13H21NO2/c1-11(9-15)14(12(2)10-16)8-13-6-4-3-5-7-13/h3-7,11-12,15-16H,8-10H2,1-2H3. The Balaban J connectivity index is 2.71. The van der Waals surface area contributed by atoms with E-state index in [-0.39, 0.29) is 25.3 Å². The molecule has 1 rings (SSSR count). The number of hydrogen-bond acceptors (Lipinski definition) is 3. The third kappa shape index (κ3) is 3.59. The van der Waals surface area contributed by atoms with Crippen LogP contribution in [-0.4, -0.2) is 40.4 Å². The van der Waals surface area contributed by atoms with Crippen LogP contribution in [0.1, 0.15) is 19.4 Å². The topological polar surface area (TPSA) is 43.7 Å². The lowest BCUT2D eigenvalue weighted by Crippen LogP contribution is -2.43. The second kappa shape index (κ2) is 6.63. The van der Waals surface area contributed by atoms with Crippen LogP contribution >= 0.6 is 0 Å². The number of rotatable bonds is 6. The molecular weight excluding hydrogens is 202 g/mol. The van der Waals surface area contributed by atoms with Gasteiger partial charge in [-0.1, -0.05) is 30.3 Å². The van der Waals surface area contributed by atoms with Crippen LogP contribution in [0.2, 0.25) is 0 Å². The third-order valence-electron chi connectivity index (χ3n) is 2.87. The van der Waals surface area contributed by atoms with E-state index in [0.29, 0.717) is 0 Å². The van der Waals surface area contributed by atoms with Gasteiger partial charge in [-0.2, -0.15) is 0 Å². The van der Waals surface area contributed by atoms with Gasteiger partial charge in [-0.25, -0.2) is 0 Å². The van der Waals surface area contributed by atoms with Crippen molar-refractivity contribution in [1.82, 2.24) is 4.90 Å². The van der Waals surface area contributed by atoms with Crippen molar-refractivity contribution in [2.24, 2.45) is 0 Å². The summed E-state index contributed by atoms with van der Waals surface area (Å²) in [6.07, 6.45) is 0. The minimum Gasteiger partial charge on any atom is -0.395 e. The van der Waals surface area contributed by atoms with E-state index in [2.05, 4.69) is 17.0 Å². The van der Waals surface area contributed by atoms with Crippen molar-refractivity contribution in [1.29, 1.82) is 0 Å². The molecule has 16 heavy (non-hydrogen) atoms. The average molecular weight is 223 g/mol. The van der Waals surface area contributed by atoms with E-state index in [1.54, 1.807) is 0 Å². The van der Waals surface area contributed by atoms with Gasteiger partial charge in [-0.3, -0.25) is 4.90 Å². The molecule has 0 saturated carbocycles. The molecule has 0 spiro atoms. The quantitative estimate of drug-likeness (QED) is 0.763. The van der Waals surface area contributed by atoms with E-state index in [4.69, 9.17) is 0 Å². The number of benzene rings is 1. The number of aliphatic hydroxyl groups excluding tert-OH is 2. The van der Waals surface area contributed by atoms with Crippen LogP contribution < -0.4 is 0 Å². The first-order chi connectivity index (χ1) is 7.69. The summed E-state index contributed by atoms with van der Waals surface area (Å²) in [6.45, 7) is 4.91. The summed E-state index contributed by atoms with van der Waals surface area (Å²) in [4.78, 5) is 2.11. The van der Waals surface area contributed by atoms with E-state index < -0.39 is 0 Å². The Kier molecular flexibility index (Phi) is 5.46. The van der Waals surface area contributed by atoms with Gasteiger partial charge in [0.25, 0.3) is 0 Å². The lowest BCUT2D eigenvalue weighted by molar-refractivity contribution is 0.0617. The van der Waals surface area contributed by atoms with Crippen molar-refractivity contribution >= 4 is 0 Å². The fraction of sp³-hybridized carbons (Fsp3) is 0.538. The maximum atomic E-state index is 9.20. The predicted octanol–water partition coefficient (Wildman–Crippen LogP) is 1.25. The minimum absolute atomic E-state index is 0.0577.